The van der Waals surface area contributed by atoms with Gasteiger partial charge in [-0.05, 0) is 19.1 Å². The van der Waals surface area contributed by atoms with Crippen LogP contribution in [0.1, 0.15) is 29.8 Å². The van der Waals surface area contributed by atoms with Gasteiger partial charge < -0.3 is 14.2 Å². The molecule has 0 spiro atoms. The molecule has 2 aromatic rings. The number of morpholine rings is 1. The molecule has 1 fully saturated rings. The van der Waals surface area contributed by atoms with E-state index in [9.17, 15) is 10.4 Å². The van der Waals surface area contributed by atoms with E-state index in [1.54, 1.807) is 6.92 Å². The molecule has 1 saturated heterocycles. The fraction of sp³-hybridized carbons (Fsp3) is 0.438. The minimum atomic E-state index is -0.657. The van der Waals surface area contributed by atoms with Crippen molar-refractivity contribution in [2.45, 2.75) is 19.6 Å². The average Bonchev–Trinajstić information content (AvgIpc) is 2.82. The molecule has 0 amide bonds. The van der Waals surface area contributed by atoms with Crippen LogP contribution in [0.3, 0.4) is 0 Å². The zero-order chi connectivity index (χ0) is 14.8. The van der Waals surface area contributed by atoms with Crippen LogP contribution in [0.2, 0.25) is 0 Å². The van der Waals surface area contributed by atoms with E-state index < -0.39 is 6.10 Å². The Balaban J connectivity index is 2.10. The van der Waals surface area contributed by atoms with E-state index in [4.69, 9.17) is 4.74 Å². The summed E-state index contributed by atoms with van der Waals surface area (Å²) in [6.45, 7) is 5.66. The maximum atomic E-state index is 10.1. The highest BCUT2D eigenvalue weighted by Crippen LogP contribution is 2.29. The van der Waals surface area contributed by atoms with Crippen molar-refractivity contribution in [1.82, 2.24) is 9.30 Å². The molecular weight excluding hydrogens is 266 g/mol. The second-order valence-electron chi connectivity index (χ2n) is 5.37. The molecule has 110 valence electrons. The fourth-order valence-electron chi connectivity index (χ4n) is 2.99. The Labute approximate surface area is 124 Å². The van der Waals surface area contributed by atoms with Gasteiger partial charge in [-0.1, -0.05) is 6.07 Å². The maximum Gasteiger partial charge on any atom is 0.102 e. The molecule has 21 heavy (non-hydrogen) atoms. The Kier molecular flexibility index (Phi) is 3.93. The smallest absolute Gasteiger partial charge is 0.102 e. The van der Waals surface area contributed by atoms with Crippen molar-refractivity contribution in [1.29, 1.82) is 5.26 Å². The number of fused-ring (bicyclic) bond motifs is 1. The number of hydrogen-bond donors (Lipinski definition) is 1. The summed E-state index contributed by atoms with van der Waals surface area (Å²) < 4.78 is 7.40. The molecule has 2 aromatic heterocycles. The molecule has 0 radical (unpaired) electrons. The van der Waals surface area contributed by atoms with Crippen molar-refractivity contribution in [3.05, 3.63) is 41.2 Å². The standard InChI is InChI=1S/C16H19N3O2/c1-12(20)16-13(10-17)14-4-2-3-5-19(14)15(16)11-18-6-8-21-9-7-18/h2-5,12,20H,6-9,11H2,1H3. The van der Waals surface area contributed by atoms with Crippen LogP contribution in [0.5, 0.6) is 0 Å². The molecular formula is C16H19N3O2. The summed E-state index contributed by atoms with van der Waals surface area (Å²) in [7, 11) is 0. The van der Waals surface area contributed by atoms with Crippen LogP contribution in [-0.4, -0.2) is 40.7 Å². The van der Waals surface area contributed by atoms with E-state index in [0.717, 1.165) is 49.6 Å². The molecule has 3 rings (SSSR count). The Hall–Kier alpha value is -1.87. The second kappa shape index (κ2) is 5.86. The normalized spacial score (nSPS) is 17.8. The summed E-state index contributed by atoms with van der Waals surface area (Å²) >= 11 is 0. The highest BCUT2D eigenvalue weighted by molar-refractivity contribution is 5.68. The van der Waals surface area contributed by atoms with Gasteiger partial charge in [-0.25, -0.2) is 0 Å². The number of nitrogens with zero attached hydrogens (tertiary/aromatic N) is 3. The Morgan fingerprint density at radius 1 is 1.38 bits per heavy atom. The van der Waals surface area contributed by atoms with Crippen molar-refractivity contribution in [2.75, 3.05) is 26.3 Å². The topological polar surface area (TPSA) is 60.9 Å². The van der Waals surface area contributed by atoms with E-state index >= 15 is 0 Å². The molecule has 5 heteroatoms. The van der Waals surface area contributed by atoms with Gasteiger partial charge in [-0.2, -0.15) is 5.26 Å². The van der Waals surface area contributed by atoms with Gasteiger partial charge in [0.25, 0.3) is 0 Å². The molecule has 0 bridgehead atoms. The number of aliphatic hydroxyl groups is 1. The molecule has 1 aliphatic rings. The quantitative estimate of drug-likeness (QED) is 0.932. The molecule has 0 aliphatic carbocycles. The highest BCUT2D eigenvalue weighted by Gasteiger charge is 2.23. The van der Waals surface area contributed by atoms with Crippen molar-refractivity contribution in [3.8, 4) is 6.07 Å². The summed E-state index contributed by atoms with van der Waals surface area (Å²) in [5.41, 5.74) is 3.18. The van der Waals surface area contributed by atoms with Gasteiger partial charge in [0, 0.05) is 37.1 Å². The Bertz CT molecular complexity index is 679. The van der Waals surface area contributed by atoms with E-state index in [2.05, 4.69) is 11.0 Å². The first kappa shape index (κ1) is 14.1. The van der Waals surface area contributed by atoms with E-state index in [-0.39, 0.29) is 0 Å². The van der Waals surface area contributed by atoms with Crippen LogP contribution in [-0.2, 0) is 11.3 Å². The third kappa shape index (κ3) is 2.54. The zero-order valence-corrected chi connectivity index (χ0v) is 12.1. The largest absolute Gasteiger partial charge is 0.389 e. The molecule has 3 heterocycles. The molecule has 1 atom stereocenters. The van der Waals surface area contributed by atoms with E-state index in [1.165, 1.54) is 0 Å². The minimum Gasteiger partial charge on any atom is -0.389 e. The lowest BCUT2D eigenvalue weighted by atomic mass is 10.1. The minimum absolute atomic E-state index is 0.578. The first-order valence-corrected chi connectivity index (χ1v) is 7.22. The molecule has 0 aromatic carbocycles. The number of aromatic nitrogens is 1. The van der Waals surface area contributed by atoms with Crippen molar-refractivity contribution >= 4 is 5.52 Å². The lowest BCUT2D eigenvalue weighted by Crippen LogP contribution is -2.36. The van der Waals surface area contributed by atoms with Crippen LogP contribution in [0, 0.1) is 11.3 Å². The Morgan fingerprint density at radius 3 is 2.81 bits per heavy atom. The molecule has 5 nitrogen and oxygen atoms in total. The van der Waals surface area contributed by atoms with Gasteiger partial charge in [-0.15, -0.1) is 0 Å². The highest BCUT2D eigenvalue weighted by atomic mass is 16.5. The van der Waals surface area contributed by atoms with Gasteiger partial charge in [-0.3, -0.25) is 4.90 Å². The zero-order valence-electron chi connectivity index (χ0n) is 12.1. The predicted octanol–water partition coefficient (Wildman–Crippen LogP) is 1.70. The van der Waals surface area contributed by atoms with Gasteiger partial charge in [0.1, 0.15) is 6.07 Å². The first-order chi connectivity index (χ1) is 10.2. The number of pyridine rings is 1. The van der Waals surface area contributed by atoms with Crippen LogP contribution in [0.4, 0.5) is 0 Å². The Morgan fingerprint density at radius 2 is 2.14 bits per heavy atom. The lowest BCUT2D eigenvalue weighted by Gasteiger charge is -2.27. The summed E-state index contributed by atoms with van der Waals surface area (Å²) in [5.74, 6) is 0. The van der Waals surface area contributed by atoms with Gasteiger partial charge in [0.15, 0.2) is 0 Å². The number of hydrogen-bond acceptors (Lipinski definition) is 4. The van der Waals surface area contributed by atoms with Crippen molar-refractivity contribution < 1.29 is 9.84 Å². The number of nitriles is 1. The summed E-state index contributed by atoms with van der Waals surface area (Å²) in [4.78, 5) is 2.30. The molecule has 1 N–H and O–H groups in total. The van der Waals surface area contributed by atoms with Gasteiger partial charge in [0.05, 0.1) is 30.4 Å². The predicted molar refractivity (Wildman–Crippen MR) is 78.8 cm³/mol. The summed E-state index contributed by atoms with van der Waals surface area (Å²) in [6.07, 6.45) is 1.30. The summed E-state index contributed by atoms with van der Waals surface area (Å²) in [6, 6.07) is 8.04. The van der Waals surface area contributed by atoms with Crippen LogP contribution in [0.25, 0.3) is 5.52 Å². The number of aliphatic hydroxyl groups excluding tert-OH is 1. The van der Waals surface area contributed by atoms with Crippen LogP contribution >= 0.6 is 0 Å². The lowest BCUT2D eigenvalue weighted by molar-refractivity contribution is 0.0331. The fourth-order valence-corrected chi connectivity index (χ4v) is 2.99. The van der Waals surface area contributed by atoms with Gasteiger partial charge >= 0.3 is 0 Å². The van der Waals surface area contributed by atoms with Crippen LogP contribution in [0.15, 0.2) is 24.4 Å². The third-order valence-electron chi connectivity index (χ3n) is 3.99. The molecule has 1 unspecified atom stereocenters. The monoisotopic (exact) mass is 285 g/mol. The van der Waals surface area contributed by atoms with Crippen molar-refractivity contribution in [3.63, 3.8) is 0 Å². The third-order valence-corrected chi connectivity index (χ3v) is 3.99. The van der Waals surface area contributed by atoms with E-state index in [1.807, 2.05) is 28.8 Å². The summed E-state index contributed by atoms with van der Waals surface area (Å²) in [5, 5.41) is 19.6. The maximum absolute atomic E-state index is 10.1. The molecule has 0 saturated carbocycles. The molecule has 1 aliphatic heterocycles. The van der Waals surface area contributed by atoms with Gasteiger partial charge in [0.2, 0.25) is 0 Å². The number of rotatable bonds is 3. The van der Waals surface area contributed by atoms with Crippen molar-refractivity contribution in [2.24, 2.45) is 0 Å². The van der Waals surface area contributed by atoms with E-state index in [0.29, 0.717) is 5.56 Å². The SMILES string of the molecule is CC(O)c1c(C#N)c2ccccn2c1CN1CCOCC1. The average molecular weight is 285 g/mol. The number of ether oxygens (including phenoxy) is 1. The van der Waals surface area contributed by atoms with Crippen LogP contribution < -0.4 is 0 Å². The second-order valence-corrected chi connectivity index (χ2v) is 5.37. The first-order valence-electron chi connectivity index (χ1n) is 7.22.